The summed E-state index contributed by atoms with van der Waals surface area (Å²) in [4.78, 5) is 16.3. The van der Waals surface area contributed by atoms with Crippen molar-refractivity contribution >= 4 is 22.3 Å². The molecule has 0 bridgehead atoms. The van der Waals surface area contributed by atoms with Crippen LogP contribution >= 0.6 is 11.3 Å². The third-order valence-corrected chi connectivity index (χ3v) is 2.50. The summed E-state index contributed by atoms with van der Waals surface area (Å²) in [5.41, 5.74) is 0.475. The van der Waals surface area contributed by atoms with Crippen LogP contribution in [-0.4, -0.2) is 17.6 Å². The third kappa shape index (κ3) is 1.58. The van der Waals surface area contributed by atoms with E-state index in [-0.39, 0.29) is 5.97 Å². The molecule has 0 aromatic carbocycles. The van der Waals surface area contributed by atoms with Gasteiger partial charge in [0.05, 0.1) is 6.61 Å². The number of carbonyl (C=O) groups is 1. The molecular formula is C9H9N2O2S+. The molecule has 0 saturated heterocycles. The first-order valence-corrected chi connectivity index (χ1v) is 5.11. The molecule has 0 aliphatic heterocycles. The van der Waals surface area contributed by atoms with Gasteiger partial charge in [0.15, 0.2) is 6.20 Å². The summed E-state index contributed by atoms with van der Waals surface area (Å²) in [7, 11) is 0. The highest BCUT2D eigenvalue weighted by Crippen LogP contribution is 2.03. The molecule has 2 aromatic heterocycles. The van der Waals surface area contributed by atoms with Crippen molar-refractivity contribution in [2.45, 2.75) is 6.92 Å². The lowest BCUT2D eigenvalue weighted by Crippen LogP contribution is -2.21. The quantitative estimate of drug-likeness (QED) is 0.548. The minimum absolute atomic E-state index is 0.333. The molecule has 0 N–H and O–H groups in total. The molecule has 0 spiro atoms. The predicted molar refractivity (Wildman–Crippen MR) is 51.2 cm³/mol. The van der Waals surface area contributed by atoms with Gasteiger partial charge < -0.3 is 4.74 Å². The number of aromatic nitrogens is 2. The van der Waals surface area contributed by atoms with Crippen molar-refractivity contribution in [1.29, 1.82) is 0 Å². The number of hydrogen-bond acceptors (Lipinski definition) is 4. The maximum atomic E-state index is 11.3. The van der Waals surface area contributed by atoms with Gasteiger partial charge in [-0.3, -0.25) is 0 Å². The minimum atomic E-state index is -0.333. The van der Waals surface area contributed by atoms with Crippen LogP contribution in [0.15, 0.2) is 24.0 Å². The molecule has 0 atom stereocenters. The van der Waals surface area contributed by atoms with Crippen LogP contribution < -0.4 is 4.40 Å². The van der Waals surface area contributed by atoms with E-state index in [9.17, 15) is 4.79 Å². The second-order valence-electron chi connectivity index (χ2n) is 2.66. The van der Waals surface area contributed by atoms with Crippen LogP contribution in [0.5, 0.6) is 0 Å². The number of thiazole rings is 1. The van der Waals surface area contributed by atoms with Gasteiger partial charge in [-0.15, -0.1) is 0 Å². The zero-order valence-corrected chi connectivity index (χ0v) is 8.45. The first kappa shape index (κ1) is 9.08. The Bertz CT molecular complexity index is 467. The summed E-state index contributed by atoms with van der Waals surface area (Å²) in [6.07, 6.45) is 5.11. The molecule has 0 radical (unpaired) electrons. The van der Waals surface area contributed by atoms with Crippen molar-refractivity contribution in [1.82, 2.24) is 4.98 Å². The summed E-state index contributed by atoms with van der Waals surface area (Å²) >= 11 is 1.52. The number of carbonyl (C=O) groups excluding carboxylic acids is 1. The Morgan fingerprint density at radius 3 is 3.36 bits per heavy atom. The summed E-state index contributed by atoms with van der Waals surface area (Å²) in [6.45, 7) is 2.16. The summed E-state index contributed by atoms with van der Waals surface area (Å²) < 4.78 is 6.67. The van der Waals surface area contributed by atoms with Crippen molar-refractivity contribution in [2.75, 3.05) is 6.61 Å². The third-order valence-electron chi connectivity index (χ3n) is 1.72. The van der Waals surface area contributed by atoms with Crippen molar-refractivity contribution in [3.8, 4) is 0 Å². The van der Waals surface area contributed by atoms with E-state index in [0.717, 1.165) is 4.96 Å². The Labute approximate surface area is 84.8 Å². The predicted octanol–water partition coefficient (Wildman–Crippen LogP) is 1.06. The second-order valence-corrected chi connectivity index (χ2v) is 3.53. The summed E-state index contributed by atoms with van der Waals surface area (Å²) in [6, 6.07) is 0. The summed E-state index contributed by atoms with van der Waals surface area (Å²) in [5, 5.41) is 1.91. The fourth-order valence-corrected chi connectivity index (χ4v) is 1.77. The molecule has 2 heterocycles. The smallest absolute Gasteiger partial charge is 0.386 e. The van der Waals surface area contributed by atoms with Crippen LogP contribution in [0.1, 0.15) is 17.3 Å². The highest BCUT2D eigenvalue weighted by atomic mass is 32.1. The second kappa shape index (κ2) is 3.71. The first-order valence-electron chi connectivity index (χ1n) is 4.23. The van der Waals surface area contributed by atoms with Crippen molar-refractivity contribution in [3.63, 3.8) is 0 Å². The Morgan fingerprint density at radius 1 is 1.71 bits per heavy atom. The molecule has 4 nitrogen and oxygen atoms in total. The minimum Gasteiger partial charge on any atom is -0.462 e. The SMILES string of the molecule is CCOC(=O)c1cnc2scc[n+]2c1. The lowest BCUT2D eigenvalue weighted by molar-refractivity contribution is -0.510. The zero-order chi connectivity index (χ0) is 9.97. The molecule has 5 heteroatoms. The average molecular weight is 209 g/mol. The standard InChI is InChI=1S/C9H9N2O2S/c1-2-13-8(12)7-5-10-9-11(6-7)3-4-14-9/h3-6H,2H2,1H3/q+1. The average Bonchev–Trinajstić information content (AvgIpc) is 2.64. The molecule has 0 aliphatic rings. The van der Waals surface area contributed by atoms with Crippen molar-refractivity contribution in [2.24, 2.45) is 0 Å². The highest BCUT2D eigenvalue weighted by molar-refractivity contribution is 7.14. The van der Waals surface area contributed by atoms with Crippen LogP contribution in [0.4, 0.5) is 0 Å². The lowest BCUT2D eigenvalue weighted by atomic mass is 10.3. The first-order chi connectivity index (χ1) is 6.81. The van der Waals surface area contributed by atoms with Crippen LogP contribution in [0.3, 0.4) is 0 Å². The van der Waals surface area contributed by atoms with Gasteiger partial charge in [-0.25, -0.2) is 4.79 Å². The molecule has 2 aromatic rings. The summed E-state index contributed by atoms with van der Waals surface area (Å²) in [5.74, 6) is -0.333. The van der Waals surface area contributed by atoms with E-state index in [0.29, 0.717) is 12.2 Å². The number of fused-ring (bicyclic) bond motifs is 1. The van der Waals surface area contributed by atoms with Gasteiger partial charge in [-0.2, -0.15) is 4.40 Å². The number of nitrogens with zero attached hydrogens (tertiary/aromatic N) is 2. The molecule has 0 fully saturated rings. The van der Waals surface area contributed by atoms with E-state index in [4.69, 9.17) is 4.74 Å². The van der Waals surface area contributed by atoms with Gasteiger partial charge in [-0.05, 0) is 11.9 Å². The van der Waals surface area contributed by atoms with Crippen LogP contribution in [-0.2, 0) is 4.74 Å². The van der Waals surface area contributed by atoms with E-state index in [2.05, 4.69) is 4.98 Å². The molecule has 0 unspecified atom stereocenters. The molecule has 14 heavy (non-hydrogen) atoms. The van der Waals surface area contributed by atoms with Crippen LogP contribution in [0.25, 0.3) is 4.96 Å². The number of esters is 1. The van der Waals surface area contributed by atoms with E-state index in [1.807, 2.05) is 11.6 Å². The van der Waals surface area contributed by atoms with Crippen molar-refractivity contribution < 1.29 is 13.9 Å². The number of ether oxygens (including phenoxy) is 1. The van der Waals surface area contributed by atoms with E-state index in [1.165, 1.54) is 17.5 Å². The molecule has 72 valence electrons. The van der Waals surface area contributed by atoms with Crippen LogP contribution in [0, 0.1) is 0 Å². The van der Waals surface area contributed by atoms with Crippen LogP contribution in [0.2, 0.25) is 0 Å². The van der Waals surface area contributed by atoms with Gasteiger partial charge in [0, 0.05) is 5.38 Å². The molecule has 0 saturated carbocycles. The zero-order valence-electron chi connectivity index (χ0n) is 7.64. The Morgan fingerprint density at radius 2 is 2.57 bits per heavy atom. The molecule has 0 aliphatic carbocycles. The van der Waals surface area contributed by atoms with Gasteiger partial charge in [0.1, 0.15) is 18.0 Å². The van der Waals surface area contributed by atoms with E-state index >= 15 is 0 Å². The maximum Gasteiger partial charge on any atom is 0.386 e. The monoisotopic (exact) mass is 209 g/mol. The van der Waals surface area contributed by atoms with Gasteiger partial charge in [0.25, 0.3) is 0 Å². The lowest BCUT2D eigenvalue weighted by Gasteiger charge is -1.97. The van der Waals surface area contributed by atoms with Gasteiger partial charge in [0.2, 0.25) is 0 Å². The molecular weight excluding hydrogens is 200 g/mol. The fraction of sp³-hybridized carbons (Fsp3) is 0.222. The normalized spacial score (nSPS) is 10.4. The largest absolute Gasteiger partial charge is 0.462 e. The maximum absolute atomic E-state index is 11.3. The number of rotatable bonds is 2. The van der Waals surface area contributed by atoms with Gasteiger partial charge >= 0.3 is 10.9 Å². The Balaban J connectivity index is 2.38. The Kier molecular flexibility index (Phi) is 2.41. The number of hydrogen-bond donors (Lipinski definition) is 0. The fourth-order valence-electron chi connectivity index (χ4n) is 1.10. The van der Waals surface area contributed by atoms with Crippen molar-refractivity contribution in [3.05, 3.63) is 29.5 Å². The molecule has 2 rings (SSSR count). The van der Waals surface area contributed by atoms with E-state index in [1.54, 1.807) is 17.5 Å². The van der Waals surface area contributed by atoms with E-state index < -0.39 is 0 Å². The molecule has 0 amide bonds. The highest BCUT2D eigenvalue weighted by Gasteiger charge is 2.13. The Hall–Kier alpha value is -1.49. The van der Waals surface area contributed by atoms with Gasteiger partial charge in [-0.1, -0.05) is 11.3 Å². The topological polar surface area (TPSA) is 43.3 Å².